The third-order valence-electron chi connectivity index (χ3n) is 6.13. The van der Waals surface area contributed by atoms with Crippen molar-refractivity contribution in [2.45, 2.75) is 51.0 Å². The van der Waals surface area contributed by atoms with Gasteiger partial charge < -0.3 is 25.3 Å². The molecule has 1 atom stereocenters. The van der Waals surface area contributed by atoms with Gasteiger partial charge in [-0.25, -0.2) is 0 Å². The number of ether oxygens (including phenoxy) is 1. The highest BCUT2D eigenvalue weighted by atomic mass is 16.5. The highest BCUT2D eigenvalue weighted by Crippen LogP contribution is 2.31. The fraction of sp³-hybridized carbons (Fsp3) is 0.423. The van der Waals surface area contributed by atoms with E-state index >= 15 is 0 Å². The molecule has 3 aromatic rings. The Bertz CT molecular complexity index is 1060. The van der Waals surface area contributed by atoms with E-state index in [1.165, 1.54) is 0 Å². The maximum atomic E-state index is 13.3. The summed E-state index contributed by atoms with van der Waals surface area (Å²) in [7, 11) is 0. The Balaban J connectivity index is 1.55. The number of fused-ring (bicyclic) bond motifs is 2. The minimum absolute atomic E-state index is 0.148. The lowest BCUT2D eigenvalue weighted by Crippen LogP contribution is -2.39. The number of hydrogen-bond donors (Lipinski definition) is 4. The number of rotatable bonds is 9. The molecule has 1 aliphatic heterocycles. The number of aliphatic hydroxyl groups is 2. The Morgan fingerprint density at radius 1 is 1.16 bits per heavy atom. The monoisotopic (exact) mass is 436 g/mol. The van der Waals surface area contributed by atoms with E-state index in [2.05, 4.69) is 16.4 Å². The zero-order valence-electron chi connectivity index (χ0n) is 18.4. The van der Waals surface area contributed by atoms with Crippen molar-refractivity contribution >= 4 is 16.8 Å². The summed E-state index contributed by atoms with van der Waals surface area (Å²) in [5.74, 6) is 0.459. The molecule has 1 aliphatic rings. The molecule has 4 N–H and O–H groups in total. The highest BCUT2D eigenvalue weighted by molar-refractivity contribution is 5.98. The summed E-state index contributed by atoms with van der Waals surface area (Å²) in [6.45, 7) is 0.633. The topological polar surface area (TPSA) is 94.6 Å². The van der Waals surface area contributed by atoms with Gasteiger partial charge in [0.15, 0.2) is 0 Å². The van der Waals surface area contributed by atoms with Gasteiger partial charge in [-0.3, -0.25) is 4.79 Å². The van der Waals surface area contributed by atoms with E-state index in [9.17, 15) is 9.90 Å². The zero-order valence-corrected chi connectivity index (χ0v) is 18.4. The molecule has 2 aromatic carbocycles. The second-order valence-corrected chi connectivity index (χ2v) is 8.53. The van der Waals surface area contributed by atoms with E-state index < -0.39 is 6.04 Å². The Hall–Kier alpha value is -2.83. The van der Waals surface area contributed by atoms with Crippen molar-refractivity contribution < 1.29 is 19.7 Å². The number of carbonyl (C=O) groups excluding carboxylic acids is 1. The van der Waals surface area contributed by atoms with E-state index in [0.717, 1.165) is 66.1 Å². The Morgan fingerprint density at radius 2 is 2.03 bits per heavy atom. The lowest BCUT2D eigenvalue weighted by atomic mass is 9.97. The van der Waals surface area contributed by atoms with Gasteiger partial charge in [-0.05, 0) is 73.8 Å². The predicted molar refractivity (Wildman–Crippen MR) is 125 cm³/mol. The first-order valence-electron chi connectivity index (χ1n) is 11.6. The van der Waals surface area contributed by atoms with E-state index in [1.807, 2.05) is 36.5 Å². The summed E-state index contributed by atoms with van der Waals surface area (Å²) in [5.41, 5.74) is 4.81. The second kappa shape index (κ2) is 10.7. The largest absolute Gasteiger partial charge is 0.492 e. The molecule has 1 amide bonds. The molecule has 0 saturated carbocycles. The minimum Gasteiger partial charge on any atom is -0.492 e. The molecule has 0 radical (unpaired) electrons. The number of aryl methyl sites for hydroxylation is 2. The molecule has 0 spiro atoms. The van der Waals surface area contributed by atoms with Crippen LogP contribution in [0.5, 0.6) is 5.75 Å². The Kier molecular flexibility index (Phi) is 7.45. The molecule has 0 fully saturated rings. The summed E-state index contributed by atoms with van der Waals surface area (Å²) < 4.78 is 5.99. The fourth-order valence-electron chi connectivity index (χ4n) is 4.45. The zero-order chi connectivity index (χ0) is 22.3. The molecule has 4 rings (SSSR count). The maximum Gasteiger partial charge on any atom is 0.255 e. The first-order chi connectivity index (χ1) is 15.7. The summed E-state index contributed by atoms with van der Waals surface area (Å²) in [4.78, 5) is 16.6. The van der Waals surface area contributed by atoms with Crippen LogP contribution in [0.2, 0.25) is 0 Å². The second-order valence-electron chi connectivity index (χ2n) is 8.53. The molecule has 2 heterocycles. The van der Waals surface area contributed by atoms with Crippen molar-refractivity contribution in [1.82, 2.24) is 10.3 Å². The number of hydrogen-bond acceptors (Lipinski definition) is 4. The summed E-state index contributed by atoms with van der Waals surface area (Å²) >= 11 is 0. The molecule has 0 bridgehead atoms. The van der Waals surface area contributed by atoms with Gasteiger partial charge in [-0.2, -0.15) is 0 Å². The lowest BCUT2D eigenvalue weighted by molar-refractivity contribution is 0.0912. The third kappa shape index (κ3) is 5.14. The smallest absolute Gasteiger partial charge is 0.255 e. The van der Waals surface area contributed by atoms with Crippen LogP contribution in [-0.2, 0) is 19.3 Å². The molecule has 6 heteroatoms. The fourth-order valence-corrected chi connectivity index (χ4v) is 4.45. The van der Waals surface area contributed by atoms with Gasteiger partial charge in [0.25, 0.3) is 5.91 Å². The summed E-state index contributed by atoms with van der Waals surface area (Å²) in [6, 6.07) is 11.7. The number of amides is 1. The van der Waals surface area contributed by atoms with Crippen LogP contribution in [0.15, 0.2) is 42.6 Å². The van der Waals surface area contributed by atoms with Crippen LogP contribution >= 0.6 is 0 Å². The molecular weight excluding hydrogens is 404 g/mol. The number of carbonyl (C=O) groups is 1. The van der Waals surface area contributed by atoms with Crippen LogP contribution in [0.1, 0.15) is 52.7 Å². The first kappa shape index (κ1) is 22.4. The average molecular weight is 437 g/mol. The van der Waals surface area contributed by atoms with Crippen LogP contribution in [0.25, 0.3) is 10.9 Å². The molecule has 6 nitrogen and oxygen atoms in total. The van der Waals surface area contributed by atoms with Crippen LogP contribution in [0.4, 0.5) is 0 Å². The number of aromatic amines is 1. The number of aromatic nitrogens is 1. The molecule has 32 heavy (non-hydrogen) atoms. The average Bonchev–Trinajstić information content (AvgIpc) is 3.06. The lowest BCUT2D eigenvalue weighted by Gasteiger charge is -2.19. The van der Waals surface area contributed by atoms with Crippen molar-refractivity contribution in [3.05, 3.63) is 64.8 Å². The third-order valence-corrected chi connectivity index (χ3v) is 6.13. The van der Waals surface area contributed by atoms with Crippen molar-refractivity contribution in [3.63, 3.8) is 0 Å². The standard InChI is InChI=1S/C26H32N2O4/c29-11-5-3-7-18-13-19-8-4-6-12-32-25(19)23(14-18)26(31)28-21(17-30)15-20-16-27-24-10-2-1-9-22(20)24/h1-2,9-10,13-14,16,21,27,29-30H,3-8,11-12,15,17H2,(H,28,31)/t21-/m1/s1. The van der Waals surface area contributed by atoms with E-state index in [0.29, 0.717) is 24.3 Å². The van der Waals surface area contributed by atoms with E-state index in [4.69, 9.17) is 9.84 Å². The number of para-hydroxylation sites is 1. The van der Waals surface area contributed by atoms with Gasteiger partial charge in [0.05, 0.1) is 24.8 Å². The van der Waals surface area contributed by atoms with Crippen LogP contribution < -0.4 is 10.1 Å². The summed E-state index contributed by atoms with van der Waals surface area (Å²) in [5, 5.41) is 23.2. The van der Waals surface area contributed by atoms with Crippen molar-refractivity contribution in [3.8, 4) is 5.75 Å². The van der Waals surface area contributed by atoms with Crippen molar-refractivity contribution in [1.29, 1.82) is 0 Å². The Labute approximate surface area is 188 Å². The number of benzene rings is 2. The SMILES string of the molecule is O=C(N[C@@H](CO)Cc1c[nH]c2ccccc12)c1cc(CCCCO)cc2c1OCCCC2. The van der Waals surface area contributed by atoms with Gasteiger partial charge in [-0.15, -0.1) is 0 Å². The van der Waals surface area contributed by atoms with E-state index in [-0.39, 0.29) is 19.1 Å². The van der Waals surface area contributed by atoms with Crippen LogP contribution in [-0.4, -0.2) is 47.0 Å². The van der Waals surface area contributed by atoms with Crippen molar-refractivity contribution in [2.75, 3.05) is 19.8 Å². The van der Waals surface area contributed by atoms with Gasteiger partial charge >= 0.3 is 0 Å². The number of H-pyrrole nitrogens is 1. The molecule has 0 aliphatic carbocycles. The molecule has 170 valence electrons. The van der Waals surface area contributed by atoms with Crippen LogP contribution in [0, 0.1) is 0 Å². The van der Waals surface area contributed by atoms with Gasteiger partial charge in [-0.1, -0.05) is 24.3 Å². The highest BCUT2D eigenvalue weighted by Gasteiger charge is 2.23. The van der Waals surface area contributed by atoms with Gasteiger partial charge in [0, 0.05) is 23.7 Å². The van der Waals surface area contributed by atoms with Crippen LogP contribution in [0.3, 0.4) is 0 Å². The Morgan fingerprint density at radius 3 is 2.88 bits per heavy atom. The number of aliphatic hydroxyl groups excluding tert-OH is 2. The molecule has 0 saturated heterocycles. The van der Waals surface area contributed by atoms with Crippen molar-refractivity contribution in [2.24, 2.45) is 0 Å². The molecule has 0 unspecified atom stereocenters. The van der Waals surface area contributed by atoms with Gasteiger partial charge in [0.1, 0.15) is 5.75 Å². The van der Waals surface area contributed by atoms with E-state index in [1.54, 1.807) is 0 Å². The molecular formula is C26H32N2O4. The first-order valence-corrected chi connectivity index (χ1v) is 11.6. The maximum absolute atomic E-state index is 13.3. The summed E-state index contributed by atoms with van der Waals surface area (Å²) in [6.07, 6.45) is 7.80. The number of unbranched alkanes of at least 4 members (excludes halogenated alkanes) is 1. The number of nitrogens with one attached hydrogen (secondary N) is 2. The normalized spacial score (nSPS) is 14.4. The quantitative estimate of drug-likeness (QED) is 0.386. The molecule has 1 aromatic heterocycles. The van der Waals surface area contributed by atoms with Gasteiger partial charge in [0.2, 0.25) is 0 Å². The predicted octanol–water partition coefficient (Wildman–Crippen LogP) is 3.53. The minimum atomic E-state index is -0.402.